The summed E-state index contributed by atoms with van der Waals surface area (Å²) in [5, 5.41) is 3.79. The molecular weight excluding hydrogens is 346 g/mol. The molecule has 2 aromatic rings. The lowest BCUT2D eigenvalue weighted by Crippen LogP contribution is -2.27. The predicted molar refractivity (Wildman–Crippen MR) is 78.4 cm³/mol. The van der Waals surface area contributed by atoms with Crippen molar-refractivity contribution in [3.63, 3.8) is 0 Å². The number of rotatable bonds is 4. The van der Waals surface area contributed by atoms with Crippen LogP contribution in [0.25, 0.3) is 0 Å². The fourth-order valence-corrected chi connectivity index (χ4v) is 3.79. The highest BCUT2D eigenvalue weighted by molar-refractivity contribution is 9.10. The lowest BCUT2D eigenvalue weighted by atomic mass is 10.3. The zero-order chi connectivity index (χ0) is 14.9. The van der Waals surface area contributed by atoms with Crippen molar-refractivity contribution < 1.29 is 12.9 Å². The Morgan fingerprint density at radius 3 is 2.70 bits per heavy atom. The van der Waals surface area contributed by atoms with Crippen molar-refractivity contribution in [3.05, 3.63) is 40.2 Å². The van der Waals surface area contributed by atoms with Gasteiger partial charge in [-0.15, -0.1) is 0 Å². The summed E-state index contributed by atoms with van der Waals surface area (Å²) in [5.41, 5.74) is 6.59. The average Bonchev–Trinajstić information content (AvgIpc) is 2.77. The summed E-state index contributed by atoms with van der Waals surface area (Å²) in [6, 6.07) is 6.35. The molecule has 0 atom stereocenters. The first-order valence-corrected chi connectivity index (χ1v) is 7.97. The molecule has 0 spiro atoms. The molecule has 1 heterocycles. The van der Waals surface area contributed by atoms with Gasteiger partial charge >= 0.3 is 0 Å². The summed E-state index contributed by atoms with van der Waals surface area (Å²) in [7, 11) is -2.18. The van der Waals surface area contributed by atoms with Gasteiger partial charge in [0, 0.05) is 23.3 Å². The van der Waals surface area contributed by atoms with E-state index in [1.165, 1.54) is 17.4 Å². The van der Waals surface area contributed by atoms with Crippen LogP contribution in [-0.2, 0) is 16.6 Å². The molecule has 1 aromatic carbocycles. The van der Waals surface area contributed by atoms with Crippen LogP contribution in [0.1, 0.15) is 11.5 Å². The third kappa shape index (κ3) is 3.02. The topological polar surface area (TPSA) is 89.4 Å². The Morgan fingerprint density at radius 2 is 2.10 bits per heavy atom. The van der Waals surface area contributed by atoms with Crippen LogP contribution < -0.4 is 5.73 Å². The fraction of sp³-hybridized carbons (Fsp3) is 0.250. The zero-order valence-corrected chi connectivity index (χ0v) is 13.4. The Hall–Kier alpha value is -1.38. The van der Waals surface area contributed by atoms with Crippen LogP contribution in [0.3, 0.4) is 0 Å². The average molecular weight is 360 g/mol. The second kappa shape index (κ2) is 5.55. The molecule has 0 fully saturated rings. The number of nitrogens with zero attached hydrogens (tertiary/aromatic N) is 2. The molecule has 0 aliphatic carbocycles. The number of halogens is 1. The van der Waals surface area contributed by atoms with Gasteiger partial charge in [0.1, 0.15) is 5.76 Å². The lowest BCUT2D eigenvalue weighted by molar-refractivity contribution is 0.378. The normalized spacial score (nSPS) is 12.0. The zero-order valence-electron chi connectivity index (χ0n) is 11.0. The molecule has 0 aliphatic heterocycles. The smallest absolute Gasteiger partial charge is 0.244 e. The summed E-state index contributed by atoms with van der Waals surface area (Å²) >= 11 is 3.23. The van der Waals surface area contributed by atoms with E-state index in [-0.39, 0.29) is 11.4 Å². The van der Waals surface area contributed by atoms with E-state index in [2.05, 4.69) is 21.1 Å². The molecule has 108 valence electrons. The number of nitrogen functional groups attached to an aromatic ring is 1. The van der Waals surface area contributed by atoms with E-state index in [0.717, 1.165) is 0 Å². The maximum Gasteiger partial charge on any atom is 0.244 e. The van der Waals surface area contributed by atoms with Gasteiger partial charge in [-0.1, -0.05) is 5.16 Å². The van der Waals surface area contributed by atoms with E-state index in [0.29, 0.717) is 21.6 Å². The van der Waals surface area contributed by atoms with E-state index in [1.54, 1.807) is 25.1 Å². The van der Waals surface area contributed by atoms with Gasteiger partial charge in [0.05, 0.1) is 17.1 Å². The summed E-state index contributed by atoms with van der Waals surface area (Å²) < 4.78 is 31.6. The van der Waals surface area contributed by atoms with Crippen LogP contribution in [0.4, 0.5) is 5.69 Å². The Labute approximate surface area is 125 Å². The minimum Gasteiger partial charge on any atom is -0.399 e. The quantitative estimate of drug-likeness (QED) is 0.844. The maximum absolute atomic E-state index is 12.5. The molecule has 0 aliphatic rings. The minimum atomic E-state index is -3.66. The van der Waals surface area contributed by atoms with Crippen LogP contribution >= 0.6 is 15.9 Å². The second-order valence-corrected chi connectivity index (χ2v) is 7.25. The van der Waals surface area contributed by atoms with E-state index in [1.807, 2.05) is 0 Å². The largest absolute Gasteiger partial charge is 0.399 e. The molecule has 2 rings (SSSR count). The first-order chi connectivity index (χ1) is 9.30. The van der Waals surface area contributed by atoms with Gasteiger partial charge in [-0.2, -0.15) is 4.31 Å². The first-order valence-electron chi connectivity index (χ1n) is 5.74. The molecule has 0 saturated carbocycles. The molecule has 1 aromatic heterocycles. The number of aromatic nitrogens is 1. The number of sulfonamides is 1. The van der Waals surface area contributed by atoms with Gasteiger partial charge in [0.2, 0.25) is 10.0 Å². The van der Waals surface area contributed by atoms with Crippen LogP contribution in [0.15, 0.2) is 38.2 Å². The molecule has 6 nitrogen and oxygen atoms in total. The number of benzene rings is 1. The SMILES string of the molecule is Cc1cc(CN(C)S(=O)(=O)c2cc(N)ccc2Br)no1. The third-order valence-electron chi connectivity index (χ3n) is 2.70. The maximum atomic E-state index is 12.5. The minimum absolute atomic E-state index is 0.125. The Bertz CT molecular complexity index is 727. The molecular formula is C12H14BrN3O3S. The number of nitrogens with two attached hydrogens (primary N) is 1. The van der Waals surface area contributed by atoms with Crippen molar-refractivity contribution in [1.82, 2.24) is 9.46 Å². The first kappa shape index (κ1) is 15.0. The van der Waals surface area contributed by atoms with Crippen molar-refractivity contribution in [3.8, 4) is 0 Å². The van der Waals surface area contributed by atoms with Crippen molar-refractivity contribution in [2.24, 2.45) is 0 Å². The third-order valence-corrected chi connectivity index (χ3v) is 5.50. The molecule has 0 bridgehead atoms. The van der Waals surface area contributed by atoms with E-state index in [9.17, 15) is 8.42 Å². The Morgan fingerprint density at radius 1 is 1.40 bits per heavy atom. The monoisotopic (exact) mass is 359 g/mol. The van der Waals surface area contributed by atoms with E-state index in [4.69, 9.17) is 10.3 Å². The second-order valence-electron chi connectivity index (χ2n) is 4.38. The fourth-order valence-electron chi connectivity index (χ4n) is 1.69. The number of hydrogen-bond donors (Lipinski definition) is 1. The molecule has 0 saturated heterocycles. The number of aryl methyl sites for hydroxylation is 1. The highest BCUT2D eigenvalue weighted by Gasteiger charge is 2.24. The summed E-state index contributed by atoms with van der Waals surface area (Å²) in [5.74, 6) is 0.635. The van der Waals surface area contributed by atoms with Gasteiger partial charge in [-0.25, -0.2) is 8.42 Å². The van der Waals surface area contributed by atoms with Gasteiger partial charge in [-0.3, -0.25) is 0 Å². The highest BCUT2D eigenvalue weighted by atomic mass is 79.9. The van der Waals surface area contributed by atoms with Gasteiger partial charge in [0.15, 0.2) is 0 Å². The van der Waals surface area contributed by atoms with E-state index < -0.39 is 10.0 Å². The molecule has 2 N–H and O–H groups in total. The summed E-state index contributed by atoms with van der Waals surface area (Å²) in [6.45, 7) is 1.88. The molecule has 0 unspecified atom stereocenters. The number of hydrogen-bond acceptors (Lipinski definition) is 5. The van der Waals surface area contributed by atoms with Gasteiger partial charge in [0.25, 0.3) is 0 Å². The molecule has 8 heteroatoms. The Balaban J connectivity index is 2.32. The van der Waals surface area contributed by atoms with Crippen LogP contribution in [0, 0.1) is 6.92 Å². The van der Waals surface area contributed by atoms with Crippen molar-refractivity contribution in [1.29, 1.82) is 0 Å². The van der Waals surface area contributed by atoms with Crippen molar-refractivity contribution >= 4 is 31.6 Å². The standard InChI is InChI=1S/C12H14BrN3O3S/c1-8-5-10(15-19-8)7-16(2)20(17,18)12-6-9(14)3-4-11(12)13/h3-6H,7,14H2,1-2H3. The van der Waals surface area contributed by atoms with E-state index >= 15 is 0 Å². The Kier molecular flexibility index (Phi) is 4.17. The van der Waals surface area contributed by atoms with Crippen LogP contribution in [-0.4, -0.2) is 24.9 Å². The van der Waals surface area contributed by atoms with Crippen molar-refractivity contribution in [2.45, 2.75) is 18.4 Å². The van der Waals surface area contributed by atoms with Gasteiger partial charge in [-0.05, 0) is 41.1 Å². The highest BCUT2D eigenvalue weighted by Crippen LogP contribution is 2.27. The number of anilines is 1. The molecule has 0 radical (unpaired) electrons. The predicted octanol–water partition coefficient (Wildman–Crippen LogP) is 2.15. The van der Waals surface area contributed by atoms with Crippen molar-refractivity contribution in [2.75, 3.05) is 12.8 Å². The van der Waals surface area contributed by atoms with Gasteiger partial charge < -0.3 is 10.3 Å². The summed E-state index contributed by atoms with van der Waals surface area (Å²) in [6.07, 6.45) is 0. The summed E-state index contributed by atoms with van der Waals surface area (Å²) in [4.78, 5) is 0.125. The lowest BCUT2D eigenvalue weighted by Gasteiger charge is -2.17. The van der Waals surface area contributed by atoms with Crippen LogP contribution in [0.2, 0.25) is 0 Å². The molecule has 0 amide bonds. The molecule has 20 heavy (non-hydrogen) atoms. The van der Waals surface area contributed by atoms with Crippen LogP contribution in [0.5, 0.6) is 0 Å².